The zero-order valence-electron chi connectivity index (χ0n) is 10.4. The molecule has 90 valence electrons. The summed E-state index contributed by atoms with van der Waals surface area (Å²) in [6, 6.07) is 7.89. The summed E-state index contributed by atoms with van der Waals surface area (Å²) in [6.45, 7) is 2.05. The fourth-order valence-corrected chi connectivity index (χ4v) is 1.87. The summed E-state index contributed by atoms with van der Waals surface area (Å²) >= 11 is 0. The van der Waals surface area contributed by atoms with Crippen molar-refractivity contribution < 1.29 is 0 Å². The third-order valence-corrected chi connectivity index (χ3v) is 2.77. The van der Waals surface area contributed by atoms with Crippen LogP contribution in [0.1, 0.15) is 18.2 Å². The zero-order valence-corrected chi connectivity index (χ0v) is 10.4. The molecule has 0 saturated heterocycles. The molecule has 2 rings (SSSR count). The molecule has 1 N–H and O–H groups in total. The smallest absolute Gasteiger partial charge is 0.144 e. The summed E-state index contributed by atoms with van der Waals surface area (Å²) < 4.78 is 0. The number of hydrogen-bond acceptors (Lipinski definition) is 4. The molecule has 0 spiro atoms. The van der Waals surface area contributed by atoms with Crippen LogP contribution in [-0.4, -0.2) is 17.0 Å². The molecule has 2 aromatic rings. The van der Waals surface area contributed by atoms with E-state index >= 15 is 0 Å². The summed E-state index contributed by atoms with van der Waals surface area (Å²) in [4.78, 5) is 8.60. The summed E-state index contributed by atoms with van der Waals surface area (Å²) in [5.41, 5.74) is 3.47. The normalized spacial score (nSPS) is 9.83. The van der Waals surface area contributed by atoms with E-state index in [9.17, 15) is 0 Å². The number of anilines is 1. The Labute approximate surface area is 106 Å². The summed E-state index contributed by atoms with van der Waals surface area (Å²) in [5, 5.41) is 12.1. The molecule has 2 aromatic heterocycles. The van der Waals surface area contributed by atoms with Crippen LogP contribution in [0.25, 0.3) is 11.1 Å². The van der Waals surface area contributed by atoms with Gasteiger partial charge in [0, 0.05) is 30.6 Å². The largest absolute Gasteiger partial charge is 0.372 e. The maximum atomic E-state index is 9.14. The van der Waals surface area contributed by atoms with Crippen molar-refractivity contribution in [2.45, 2.75) is 13.3 Å². The lowest BCUT2D eigenvalue weighted by atomic mass is 10.0. The van der Waals surface area contributed by atoms with Crippen LogP contribution < -0.4 is 5.32 Å². The highest BCUT2D eigenvalue weighted by Gasteiger charge is 2.11. The molecule has 0 saturated carbocycles. The van der Waals surface area contributed by atoms with Crippen molar-refractivity contribution in [1.82, 2.24) is 9.97 Å². The van der Waals surface area contributed by atoms with Crippen molar-refractivity contribution >= 4 is 5.82 Å². The van der Waals surface area contributed by atoms with Crippen molar-refractivity contribution in [3.05, 3.63) is 41.9 Å². The molecular weight excluding hydrogens is 224 g/mol. The first-order valence-corrected chi connectivity index (χ1v) is 5.82. The van der Waals surface area contributed by atoms with Crippen LogP contribution in [0.3, 0.4) is 0 Å². The van der Waals surface area contributed by atoms with E-state index in [1.807, 2.05) is 25.1 Å². The average Bonchev–Trinajstić information content (AvgIpc) is 2.46. The molecule has 0 radical (unpaired) electrons. The molecule has 0 fully saturated rings. The van der Waals surface area contributed by atoms with Gasteiger partial charge in [0.25, 0.3) is 0 Å². The maximum Gasteiger partial charge on any atom is 0.144 e. The van der Waals surface area contributed by atoms with Gasteiger partial charge in [-0.25, -0.2) is 4.98 Å². The Morgan fingerprint density at radius 1 is 1.44 bits per heavy atom. The number of aryl methyl sites for hydroxylation is 1. The fraction of sp³-hybridized carbons (Fsp3) is 0.214. The Morgan fingerprint density at radius 3 is 2.83 bits per heavy atom. The van der Waals surface area contributed by atoms with E-state index in [-0.39, 0.29) is 0 Å². The summed E-state index contributed by atoms with van der Waals surface area (Å²) in [6.07, 6.45) is 4.33. The number of nitriles is 1. The second kappa shape index (κ2) is 5.28. The van der Waals surface area contributed by atoms with Gasteiger partial charge in [-0.15, -0.1) is 0 Å². The number of hydrogen-bond donors (Lipinski definition) is 1. The Kier molecular flexibility index (Phi) is 3.54. The molecule has 18 heavy (non-hydrogen) atoms. The van der Waals surface area contributed by atoms with Gasteiger partial charge >= 0.3 is 0 Å². The Bertz CT molecular complexity index is 585. The van der Waals surface area contributed by atoms with Crippen LogP contribution in [-0.2, 0) is 6.42 Å². The molecule has 0 aromatic carbocycles. The van der Waals surface area contributed by atoms with Gasteiger partial charge in [-0.3, -0.25) is 4.98 Å². The lowest BCUT2D eigenvalue weighted by Gasteiger charge is -2.11. The summed E-state index contributed by atoms with van der Waals surface area (Å²) in [5.74, 6) is 0.627. The quantitative estimate of drug-likeness (QED) is 0.892. The lowest BCUT2D eigenvalue weighted by Crippen LogP contribution is -2.02. The number of nitrogens with one attached hydrogen (secondary N) is 1. The van der Waals surface area contributed by atoms with Crippen LogP contribution in [0.5, 0.6) is 0 Å². The van der Waals surface area contributed by atoms with E-state index < -0.39 is 0 Å². The summed E-state index contributed by atoms with van der Waals surface area (Å²) in [7, 11) is 1.77. The van der Waals surface area contributed by atoms with Crippen molar-refractivity contribution in [2.75, 3.05) is 12.4 Å². The molecule has 0 aliphatic heterocycles. The van der Waals surface area contributed by atoms with E-state index in [0.717, 1.165) is 23.2 Å². The average molecular weight is 238 g/mol. The number of nitrogens with zero attached hydrogens (tertiary/aromatic N) is 3. The molecule has 0 amide bonds. The second-order valence-corrected chi connectivity index (χ2v) is 3.84. The number of aromatic nitrogens is 2. The highest BCUT2D eigenvalue weighted by atomic mass is 15.0. The highest BCUT2D eigenvalue weighted by molar-refractivity contribution is 5.70. The van der Waals surface area contributed by atoms with Crippen LogP contribution in [0.4, 0.5) is 5.82 Å². The monoisotopic (exact) mass is 238 g/mol. The number of pyridine rings is 2. The second-order valence-electron chi connectivity index (χ2n) is 3.84. The first-order valence-electron chi connectivity index (χ1n) is 5.82. The predicted molar refractivity (Wildman–Crippen MR) is 71.1 cm³/mol. The Morgan fingerprint density at radius 2 is 2.28 bits per heavy atom. The minimum Gasteiger partial charge on any atom is -0.372 e. The minimum absolute atomic E-state index is 0.550. The van der Waals surface area contributed by atoms with Gasteiger partial charge in [0.2, 0.25) is 0 Å². The first kappa shape index (κ1) is 12.1. The van der Waals surface area contributed by atoms with Crippen LogP contribution in [0.15, 0.2) is 30.6 Å². The van der Waals surface area contributed by atoms with Gasteiger partial charge in [-0.2, -0.15) is 5.26 Å². The molecule has 0 atom stereocenters. The van der Waals surface area contributed by atoms with Crippen LogP contribution in [0.2, 0.25) is 0 Å². The Hall–Kier alpha value is -2.41. The molecule has 0 aliphatic carbocycles. The van der Waals surface area contributed by atoms with Gasteiger partial charge in [-0.05, 0) is 18.6 Å². The first-order chi connectivity index (χ1) is 8.80. The van der Waals surface area contributed by atoms with E-state index in [2.05, 4.69) is 21.4 Å². The number of rotatable bonds is 3. The molecule has 0 bridgehead atoms. The van der Waals surface area contributed by atoms with Crippen molar-refractivity contribution in [3.8, 4) is 17.2 Å². The fourth-order valence-electron chi connectivity index (χ4n) is 1.87. The van der Waals surface area contributed by atoms with Gasteiger partial charge in [0.1, 0.15) is 11.9 Å². The zero-order chi connectivity index (χ0) is 13.0. The molecule has 2 heterocycles. The minimum atomic E-state index is 0.550. The van der Waals surface area contributed by atoms with E-state index in [0.29, 0.717) is 11.4 Å². The molecular formula is C14H14N4. The third-order valence-electron chi connectivity index (χ3n) is 2.77. The van der Waals surface area contributed by atoms with E-state index in [1.165, 1.54) is 0 Å². The topological polar surface area (TPSA) is 61.6 Å². The van der Waals surface area contributed by atoms with Crippen molar-refractivity contribution in [1.29, 1.82) is 5.26 Å². The predicted octanol–water partition coefficient (Wildman–Crippen LogP) is 2.62. The third kappa shape index (κ3) is 2.16. The van der Waals surface area contributed by atoms with Crippen LogP contribution >= 0.6 is 0 Å². The van der Waals surface area contributed by atoms with Crippen molar-refractivity contribution in [3.63, 3.8) is 0 Å². The van der Waals surface area contributed by atoms with E-state index in [4.69, 9.17) is 5.26 Å². The van der Waals surface area contributed by atoms with E-state index in [1.54, 1.807) is 19.4 Å². The van der Waals surface area contributed by atoms with Gasteiger partial charge in [-0.1, -0.05) is 13.0 Å². The highest BCUT2D eigenvalue weighted by Crippen LogP contribution is 2.26. The molecule has 0 unspecified atom stereocenters. The van der Waals surface area contributed by atoms with Crippen LogP contribution in [0, 0.1) is 11.3 Å². The van der Waals surface area contributed by atoms with Gasteiger partial charge < -0.3 is 5.32 Å². The van der Waals surface area contributed by atoms with Crippen molar-refractivity contribution in [2.24, 2.45) is 0 Å². The maximum absolute atomic E-state index is 9.14. The Balaban J connectivity index is 2.64. The molecule has 0 aliphatic rings. The SMILES string of the molecule is CCc1nc(NC)c(C#N)cc1-c1cccnc1. The lowest BCUT2D eigenvalue weighted by molar-refractivity contribution is 1.03. The molecule has 4 heteroatoms. The van der Waals surface area contributed by atoms with Gasteiger partial charge in [0.15, 0.2) is 0 Å². The van der Waals surface area contributed by atoms with Gasteiger partial charge in [0.05, 0.1) is 11.3 Å². The molecule has 4 nitrogen and oxygen atoms in total. The standard InChI is InChI=1S/C14H14N4/c1-3-13-12(10-5-4-6-17-9-10)7-11(8-15)14(16-2)18-13/h4-7,9H,3H2,1-2H3,(H,16,18).